The van der Waals surface area contributed by atoms with Gasteiger partial charge in [0.1, 0.15) is 11.4 Å². The van der Waals surface area contributed by atoms with Gasteiger partial charge in [0.05, 0.1) is 25.0 Å². The van der Waals surface area contributed by atoms with Crippen LogP contribution in [-0.2, 0) is 4.74 Å². The number of aromatic nitrogens is 1. The Morgan fingerprint density at radius 3 is 2.67 bits per heavy atom. The fraction of sp³-hybridized carbons (Fsp3) is 0.350. The number of amides is 2. The van der Waals surface area contributed by atoms with Gasteiger partial charge in [-0.3, -0.25) is 14.6 Å². The van der Waals surface area contributed by atoms with Crippen LogP contribution in [0.25, 0.3) is 0 Å². The normalized spacial score (nSPS) is 14.1. The molecule has 0 spiro atoms. The highest BCUT2D eigenvalue weighted by molar-refractivity contribution is 6.06. The Bertz CT molecular complexity index is 816. The number of pyridine rings is 1. The van der Waals surface area contributed by atoms with Gasteiger partial charge in [-0.25, -0.2) is 0 Å². The maximum Gasteiger partial charge on any atom is 0.272 e. The van der Waals surface area contributed by atoms with Crippen molar-refractivity contribution in [1.29, 1.82) is 0 Å². The monoisotopic (exact) mass is 369 g/mol. The molecule has 2 heterocycles. The molecule has 0 aliphatic carbocycles. The quantitative estimate of drug-likeness (QED) is 0.876. The van der Waals surface area contributed by atoms with Crippen LogP contribution in [0, 0.1) is 0 Å². The van der Waals surface area contributed by atoms with Crippen LogP contribution < -0.4 is 10.1 Å². The van der Waals surface area contributed by atoms with Crippen LogP contribution >= 0.6 is 0 Å². The molecule has 0 saturated carbocycles. The third kappa shape index (κ3) is 4.83. The molecule has 1 saturated heterocycles. The molecule has 0 unspecified atom stereocenters. The molecule has 0 atom stereocenters. The molecule has 2 aromatic rings. The van der Waals surface area contributed by atoms with Gasteiger partial charge in [-0.15, -0.1) is 0 Å². The second kappa shape index (κ2) is 8.64. The van der Waals surface area contributed by atoms with Gasteiger partial charge >= 0.3 is 0 Å². The molecule has 7 nitrogen and oxygen atoms in total. The molecule has 27 heavy (non-hydrogen) atoms. The standard InChI is InChI=1S/C20H23N3O4/c1-14(2)27-18-6-4-3-5-16(18)22-19(24)15-7-8-21-17(13-15)20(25)23-9-11-26-12-10-23/h3-8,13-14H,9-12H2,1-2H3,(H,22,24). The van der Waals surface area contributed by atoms with E-state index in [0.717, 1.165) is 0 Å². The van der Waals surface area contributed by atoms with Crippen LogP contribution in [-0.4, -0.2) is 54.1 Å². The molecule has 0 bridgehead atoms. The van der Waals surface area contributed by atoms with Crippen molar-refractivity contribution < 1.29 is 19.1 Å². The third-order valence-corrected chi connectivity index (χ3v) is 4.04. The molecule has 1 N–H and O–H groups in total. The van der Waals surface area contributed by atoms with Crippen LogP contribution in [0.5, 0.6) is 5.75 Å². The van der Waals surface area contributed by atoms with Gasteiger partial charge in [-0.1, -0.05) is 12.1 Å². The fourth-order valence-corrected chi connectivity index (χ4v) is 2.74. The van der Waals surface area contributed by atoms with Crippen LogP contribution in [0.1, 0.15) is 34.7 Å². The molecular formula is C20H23N3O4. The summed E-state index contributed by atoms with van der Waals surface area (Å²) in [4.78, 5) is 31.0. The van der Waals surface area contributed by atoms with Crippen LogP contribution in [0.15, 0.2) is 42.6 Å². The zero-order valence-electron chi connectivity index (χ0n) is 15.5. The predicted octanol–water partition coefficient (Wildman–Crippen LogP) is 2.59. The van der Waals surface area contributed by atoms with Gasteiger partial charge in [0.2, 0.25) is 0 Å². The maximum atomic E-state index is 12.7. The van der Waals surface area contributed by atoms with Crippen LogP contribution in [0.3, 0.4) is 0 Å². The van der Waals surface area contributed by atoms with E-state index in [-0.39, 0.29) is 23.6 Å². The summed E-state index contributed by atoms with van der Waals surface area (Å²) in [5, 5.41) is 2.84. The first-order chi connectivity index (χ1) is 13.0. The van der Waals surface area contributed by atoms with E-state index in [1.807, 2.05) is 26.0 Å². The van der Waals surface area contributed by atoms with Crippen molar-refractivity contribution in [2.24, 2.45) is 0 Å². The summed E-state index contributed by atoms with van der Waals surface area (Å²) in [6.45, 7) is 5.92. The molecule has 2 amide bonds. The molecule has 1 aromatic carbocycles. The summed E-state index contributed by atoms with van der Waals surface area (Å²) in [5.74, 6) is 0.0734. The summed E-state index contributed by atoms with van der Waals surface area (Å²) < 4.78 is 11.0. The van der Waals surface area contributed by atoms with E-state index >= 15 is 0 Å². The Morgan fingerprint density at radius 1 is 1.19 bits per heavy atom. The zero-order chi connectivity index (χ0) is 19.2. The first-order valence-corrected chi connectivity index (χ1v) is 8.94. The number of rotatable bonds is 5. The fourth-order valence-electron chi connectivity index (χ4n) is 2.74. The molecular weight excluding hydrogens is 346 g/mol. The lowest BCUT2D eigenvalue weighted by molar-refractivity contribution is 0.0299. The van der Waals surface area contributed by atoms with Crippen molar-refractivity contribution in [2.75, 3.05) is 31.6 Å². The largest absolute Gasteiger partial charge is 0.489 e. The smallest absolute Gasteiger partial charge is 0.272 e. The number of nitrogens with one attached hydrogen (secondary N) is 1. The van der Waals surface area contributed by atoms with Gasteiger partial charge in [0.15, 0.2) is 0 Å². The minimum Gasteiger partial charge on any atom is -0.489 e. The summed E-state index contributed by atoms with van der Waals surface area (Å²) >= 11 is 0. The predicted molar refractivity (Wildman–Crippen MR) is 101 cm³/mol. The molecule has 1 fully saturated rings. The highest BCUT2D eigenvalue weighted by Gasteiger charge is 2.21. The van der Waals surface area contributed by atoms with Crippen molar-refractivity contribution in [1.82, 2.24) is 9.88 Å². The van der Waals surface area contributed by atoms with E-state index in [1.165, 1.54) is 12.3 Å². The zero-order valence-corrected chi connectivity index (χ0v) is 15.5. The Morgan fingerprint density at radius 2 is 1.93 bits per heavy atom. The number of nitrogens with zero attached hydrogens (tertiary/aromatic N) is 2. The second-order valence-corrected chi connectivity index (χ2v) is 6.45. The molecule has 0 radical (unpaired) electrons. The van der Waals surface area contributed by atoms with Crippen molar-refractivity contribution in [3.63, 3.8) is 0 Å². The average Bonchev–Trinajstić information content (AvgIpc) is 2.69. The van der Waals surface area contributed by atoms with E-state index in [1.54, 1.807) is 23.1 Å². The minimum absolute atomic E-state index is 0.0123. The molecule has 7 heteroatoms. The number of hydrogen-bond donors (Lipinski definition) is 1. The molecule has 142 valence electrons. The van der Waals surface area contributed by atoms with Gasteiger partial charge in [-0.05, 0) is 38.1 Å². The molecule has 3 rings (SSSR count). The topological polar surface area (TPSA) is 80.8 Å². The minimum atomic E-state index is -0.326. The van der Waals surface area contributed by atoms with Gasteiger partial charge in [-0.2, -0.15) is 0 Å². The maximum absolute atomic E-state index is 12.7. The average molecular weight is 369 g/mol. The van der Waals surface area contributed by atoms with E-state index in [4.69, 9.17) is 9.47 Å². The molecule has 1 aromatic heterocycles. The number of carbonyl (C=O) groups excluding carboxylic acids is 2. The van der Waals surface area contributed by atoms with Crippen molar-refractivity contribution >= 4 is 17.5 Å². The lowest BCUT2D eigenvalue weighted by atomic mass is 10.2. The van der Waals surface area contributed by atoms with Crippen molar-refractivity contribution in [3.8, 4) is 5.75 Å². The SMILES string of the molecule is CC(C)Oc1ccccc1NC(=O)c1ccnc(C(=O)N2CCOCC2)c1. The second-order valence-electron chi connectivity index (χ2n) is 6.45. The highest BCUT2D eigenvalue weighted by Crippen LogP contribution is 2.25. The van der Waals surface area contributed by atoms with Crippen LogP contribution in [0.4, 0.5) is 5.69 Å². The number of benzene rings is 1. The number of para-hydroxylation sites is 2. The molecule has 1 aliphatic heterocycles. The van der Waals surface area contributed by atoms with E-state index in [9.17, 15) is 9.59 Å². The summed E-state index contributed by atoms with van der Waals surface area (Å²) in [6.07, 6.45) is 1.46. The summed E-state index contributed by atoms with van der Waals surface area (Å²) in [6, 6.07) is 10.3. The van der Waals surface area contributed by atoms with Gasteiger partial charge < -0.3 is 19.7 Å². The summed E-state index contributed by atoms with van der Waals surface area (Å²) in [7, 11) is 0. The Balaban J connectivity index is 1.75. The van der Waals surface area contributed by atoms with Gasteiger partial charge in [0.25, 0.3) is 11.8 Å². The highest BCUT2D eigenvalue weighted by atomic mass is 16.5. The van der Waals surface area contributed by atoms with E-state index in [0.29, 0.717) is 43.3 Å². The third-order valence-electron chi connectivity index (χ3n) is 4.04. The Kier molecular flexibility index (Phi) is 6.03. The number of morpholine rings is 1. The van der Waals surface area contributed by atoms with Gasteiger partial charge in [0, 0.05) is 24.8 Å². The first-order valence-electron chi connectivity index (χ1n) is 8.94. The number of ether oxygens (including phenoxy) is 2. The van der Waals surface area contributed by atoms with Crippen molar-refractivity contribution in [3.05, 3.63) is 53.9 Å². The Labute approximate surface area is 158 Å². The van der Waals surface area contributed by atoms with E-state index < -0.39 is 0 Å². The number of anilines is 1. The number of hydrogen-bond acceptors (Lipinski definition) is 5. The van der Waals surface area contributed by atoms with Crippen molar-refractivity contribution in [2.45, 2.75) is 20.0 Å². The lowest BCUT2D eigenvalue weighted by Gasteiger charge is -2.26. The summed E-state index contributed by atoms with van der Waals surface area (Å²) in [5.41, 5.74) is 1.19. The lowest BCUT2D eigenvalue weighted by Crippen LogP contribution is -2.41. The van der Waals surface area contributed by atoms with Crippen LogP contribution in [0.2, 0.25) is 0 Å². The van der Waals surface area contributed by atoms with E-state index in [2.05, 4.69) is 10.3 Å². The first kappa shape index (κ1) is 18.8. The molecule has 1 aliphatic rings. The Hall–Kier alpha value is -2.93. The number of carbonyl (C=O) groups is 2.